The molecule has 0 radical (unpaired) electrons. The zero-order chi connectivity index (χ0) is 18.4. The highest BCUT2D eigenvalue weighted by Gasteiger charge is 2.19. The lowest BCUT2D eigenvalue weighted by Gasteiger charge is -2.19. The summed E-state index contributed by atoms with van der Waals surface area (Å²) in [7, 11) is 0. The number of nitrogens with one attached hydrogen (secondary N) is 1. The Labute approximate surface area is 158 Å². The SMILES string of the molecule is CCOc1cc(Cl)c(C(C)NC(=O)c2ccccc2Cl)cc1OCC. The van der Waals surface area contributed by atoms with Crippen LogP contribution < -0.4 is 14.8 Å². The molecule has 6 heteroatoms. The first-order valence-corrected chi connectivity index (χ1v) is 8.87. The number of carbonyl (C=O) groups excluding carboxylic acids is 1. The molecule has 0 fully saturated rings. The van der Waals surface area contributed by atoms with Gasteiger partial charge in [0.25, 0.3) is 5.91 Å². The summed E-state index contributed by atoms with van der Waals surface area (Å²) in [5, 5.41) is 3.81. The molecule has 0 aliphatic carbocycles. The minimum Gasteiger partial charge on any atom is -0.490 e. The van der Waals surface area contributed by atoms with Crippen molar-refractivity contribution >= 4 is 29.1 Å². The first-order chi connectivity index (χ1) is 12.0. The molecular formula is C19H21Cl2NO3. The van der Waals surface area contributed by atoms with Crippen molar-refractivity contribution in [3.8, 4) is 11.5 Å². The van der Waals surface area contributed by atoms with Gasteiger partial charge in [-0.05, 0) is 44.5 Å². The molecule has 0 saturated heterocycles. The summed E-state index contributed by atoms with van der Waals surface area (Å²) in [6, 6.07) is 10.1. The van der Waals surface area contributed by atoms with Gasteiger partial charge in [0.2, 0.25) is 0 Å². The van der Waals surface area contributed by atoms with E-state index < -0.39 is 0 Å². The van der Waals surface area contributed by atoms with Gasteiger partial charge in [0.05, 0.1) is 29.8 Å². The van der Waals surface area contributed by atoms with Crippen LogP contribution in [0.3, 0.4) is 0 Å². The largest absolute Gasteiger partial charge is 0.490 e. The Kier molecular flexibility index (Phi) is 6.97. The van der Waals surface area contributed by atoms with Gasteiger partial charge < -0.3 is 14.8 Å². The number of hydrogen-bond acceptors (Lipinski definition) is 3. The van der Waals surface area contributed by atoms with Crippen molar-refractivity contribution < 1.29 is 14.3 Å². The van der Waals surface area contributed by atoms with E-state index in [1.165, 1.54) is 0 Å². The van der Waals surface area contributed by atoms with Crippen molar-refractivity contribution in [2.45, 2.75) is 26.8 Å². The van der Waals surface area contributed by atoms with Crippen molar-refractivity contribution in [3.05, 3.63) is 57.6 Å². The van der Waals surface area contributed by atoms with Crippen LogP contribution in [0, 0.1) is 0 Å². The number of amides is 1. The maximum absolute atomic E-state index is 12.4. The topological polar surface area (TPSA) is 47.6 Å². The van der Waals surface area contributed by atoms with E-state index in [1.54, 1.807) is 36.4 Å². The molecule has 2 rings (SSSR count). The average molecular weight is 382 g/mol. The van der Waals surface area contributed by atoms with Crippen LogP contribution in [0.25, 0.3) is 0 Å². The lowest BCUT2D eigenvalue weighted by atomic mass is 10.1. The maximum Gasteiger partial charge on any atom is 0.253 e. The predicted molar refractivity (Wildman–Crippen MR) is 101 cm³/mol. The fourth-order valence-corrected chi connectivity index (χ4v) is 2.96. The van der Waals surface area contributed by atoms with Crippen molar-refractivity contribution in [1.82, 2.24) is 5.32 Å². The molecule has 2 aromatic carbocycles. The van der Waals surface area contributed by atoms with E-state index in [-0.39, 0.29) is 11.9 Å². The van der Waals surface area contributed by atoms with E-state index in [0.717, 1.165) is 5.56 Å². The molecule has 0 saturated carbocycles. The van der Waals surface area contributed by atoms with Gasteiger partial charge in [-0.2, -0.15) is 0 Å². The highest BCUT2D eigenvalue weighted by atomic mass is 35.5. The van der Waals surface area contributed by atoms with E-state index in [9.17, 15) is 4.79 Å². The van der Waals surface area contributed by atoms with Gasteiger partial charge in [-0.1, -0.05) is 35.3 Å². The van der Waals surface area contributed by atoms with Crippen LogP contribution in [0.1, 0.15) is 42.7 Å². The van der Waals surface area contributed by atoms with Crippen molar-refractivity contribution in [1.29, 1.82) is 0 Å². The summed E-state index contributed by atoms with van der Waals surface area (Å²) in [4.78, 5) is 12.4. The zero-order valence-corrected chi connectivity index (χ0v) is 15.9. The quantitative estimate of drug-likeness (QED) is 0.709. The molecule has 0 spiro atoms. The lowest BCUT2D eigenvalue weighted by molar-refractivity contribution is 0.0940. The maximum atomic E-state index is 12.4. The Hall–Kier alpha value is -1.91. The van der Waals surface area contributed by atoms with Gasteiger partial charge in [-0.25, -0.2) is 0 Å². The smallest absolute Gasteiger partial charge is 0.253 e. The summed E-state index contributed by atoms with van der Waals surface area (Å²) in [5.74, 6) is 0.923. The third-order valence-electron chi connectivity index (χ3n) is 3.60. The monoisotopic (exact) mass is 381 g/mol. The van der Waals surface area contributed by atoms with Crippen LogP contribution >= 0.6 is 23.2 Å². The van der Waals surface area contributed by atoms with Gasteiger partial charge in [0.1, 0.15) is 0 Å². The molecule has 1 N–H and O–H groups in total. The standard InChI is InChI=1S/C19H21Cl2NO3/c1-4-24-17-10-14(16(21)11-18(17)25-5-2)12(3)22-19(23)13-8-6-7-9-15(13)20/h6-12H,4-5H2,1-3H3,(H,22,23). The molecule has 1 atom stereocenters. The Bertz CT molecular complexity index is 749. The minimum atomic E-state index is -0.328. The number of rotatable bonds is 7. The van der Waals surface area contributed by atoms with Crippen molar-refractivity contribution in [2.24, 2.45) is 0 Å². The lowest BCUT2D eigenvalue weighted by Crippen LogP contribution is -2.27. The second kappa shape index (κ2) is 8.97. The Morgan fingerprint density at radius 2 is 1.64 bits per heavy atom. The molecule has 0 bridgehead atoms. The van der Waals surface area contributed by atoms with Gasteiger partial charge in [0.15, 0.2) is 11.5 Å². The highest BCUT2D eigenvalue weighted by Crippen LogP contribution is 2.36. The summed E-state index contributed by atoms with van der Waals surface area (Å²) >= 11 is 12.5. The molecule has 0 aromatic heterocycles. The van der Waals surface area contributed by atoms with Gasteiger partial charge >= 0.3 is 0 Å². The molecule has 2 aromatic rings. The van der Waals surface area contributed by atoms with Gasteiger partial charge in [0, 0.05) is 11.1 Å². The fraction of sp³-hybridized carbons (Fsp3) is 0.316. The minimum absolute atomic E-state index is 0.263. The molecule has 0 heterocycles. The molecule has 0 aliphatic rings. The fourth-order valence-electron chi connectivity index (χ4n) is 2.42. The highest BCUT2D eigenvalue weighted by molar-refractivity contribution is 6.34. The number of halogens is 2. The third-order valence-corrected chi connectivity index (χ3v) is 4.25. The zero-order valence-electron chi connectivity index (χ0n) is 14.4. The molecular weight excluding hydrogens is 361 g/mol. The van der Waals surface area contributed by atoms with Gasteiger partial charge in [-0.3, -0.25) is 4.79 Å². The van der Waals surface area contributed by atoms with Crippen LogP contribution in [0.4, 0.5) is 0 Å². The molecule has 1 amide bonds. The number of benzene rings is 2. The predicted octanol–water partition coefficient (Wildman–Crippen LogP) is 5.28. The van der Waals surface area contributed by atoms with Crippen LogP contribution in [0.5, 0.6) is 11.5 Å². The number of ether oxygens (including phenoxy) is 2. The van der Waals surface area contributed by atoms with Crippen molar-refractivity contribution in [2.75, 3.05) is 13.2 Å². The van der Waals surface area contributed by atoms with E-state index in [4.69, 9.17) is 32.7 Å². The summed E-state index contributed by atoms with van der Waals surface area (Å²) < 4.78 is 11.2. The summed E-state index contributed by atoms with van der Waals surface area (Å²) in [6.07, 6.45) is 0. The number of hydrogen-bond donors (Lipinski definition) is 1. The second-order valence-electron chi connectivity index (χ2n) is 5.36. The Morgan fingerprint density at radius 3 is 2.24 bits per heavy atom. The van der Waals surface area contributed by atoms with E-state index in [0.29, 0.717) is 40.3 Å². The summed E-state index contributed by atoms with van der Waals surface area (Å²) in [5.41, 5.74) is 1.16. The van der Waals surface area contributed by atoms with E-state index >= 15 is 0 Å². The molecule has 0 aliphatic heterocycles. The normalized spacial score (nSPS) is 11.7. The Morgan fingerprint density at radius 1 is 1.04 bits per heavy atom. The van der Waals surface area contributed by atoms with Crippen LogP contribution in [0.15, 0.2) is 36.4 Å². The van der Waals surface area contributed by atoms with Crippen LogP contribution in [-0.2, 0) is 0 Å². The van der Waals surface area contributed by atoms with Crippen molar-refractivity contribution in [3.63, 3.8) is 0 Å². The number of carbonyl (C=O) groups is 1. The van der Waals surface area contributed by atoms with Crippen LogP contribution in [-0.4, -0.2) is 19.1 Å². The van der Waals surface area contributed by atoms with Crippen LogP contribution in [0.2, 0.25) is 10.0 Å². The Balaban J connectivity index is 2.26. The van der Waals surface area contributed by atoms with E-state index in [1.807, 2.05) is 20.8 Å². The van der Waals surface area contributed by atoms with E-state index in [2.05, 4.69) is 5.32 Å². The molecule has 25 heavy (non-hydrogen) atoms. The second-order valence-corrected chi connectivity index (χ2v) is 6.18. The summed E-state index contributed by atoms with van der Waals surface area (Å²) in [6.45, 7) is 6.65. The average Bonchev–Trinajstić information content (AvgIpc) is 2.57. The molecule has 134 valence electrons. The molecule has 4 nitrogen and oxygen atoms in total. The molecule has 1 unspecified atom stereocenters. The first-order valence-electron chi connectivity index (χ1n) is 8.12. The third kappa shape index (κ3) is 4.80. The first kappa shape index (κ1) is 19.4. The van der Waals surface area contributed by atoms with Gasteiger partial charge in [-0.15, -0.1) is 0 Å².